The highest BCUT2D eigenvalue weighted by molar-refractivity contribution is 7.22. The molecule has 0 aliphatic carbocycles. The lowest BCUT2D eigenvalue weighted by Crippen LogP contribution is -2.15. The average molecular weight is 314 g/mol. The Balaban J connectivity index is 1.64. The maximum Gasteiger partial charge on any atom is 0.277 e. The maximum absolute atomic E-state index is 12.1. The zero-order valence-corrected chi connectivity index (χ0v) is 12.1. The van der Waals surface area contributed by atoms with Crippen molar-refractivity contribution in [1.29, 1.82) is 0 Å². The van der Waals surface area contributed by atoms with Gasteiger partial charge in [-0.3, -0.25) is 15.1 Å². The molecule has 0 fully saturated rings. The van der Waals surface area contributed by atoms with Gasteiger partial charge in [-0.25, -0.2) is 9.97 Å². The first-order valence-corrected chi connectivity index (χ1v) is 7.39. The van der Waals surface area contributed by atoms with E-state index in [1.54, 1.807) is 0 Å². The van der Waals surface area contributed by atoms with Gasteiger partial charge >= 0.3 is 0 Å². The number of nitrogens with zero attached hydrogens (tertiary/aromatic N) is 3. The van der Waals surface area contributed by atoms with Gasteiger partial charge in [0, 0.05) is 24.5 Å². The van der Waals surface area contributed by atoms with Gasteiger partial charge in [-0.1, -0.05) is 11.3 Å². The van der Waals surface area contributed by atoms with E-state index in [2.05, 4.69) is 20.3 Å². The lowest BCUT2D eigenvalue weighted by molar-refractivity contribution is 0.102. The number of rotatable bonds is 2. The van der Waals surface area contributed by atoms with Crippen LogP contribution in [0.4, 0.5) is 5.13 Å². The van der Waals surface area contributed by atoms with Crippen molar-refractivity contribution in [2.45, 2.75) is 0 Å². The van der Waals surface area contributed by atoms with Gasteiger partial charge in [0.05, 0.1) is 16.4 Å². The van der Waals surface area contributed by atoms with Crippen LogP contribution in [0.5, 0.6) is 11.5 Å². The zero-order valence-electron chi connectivity index (χ0n) is 11.3. The predicted molar refractivity (Wildman–Crippen MR) is 80.6 cm³/mol. The molecule has 0 atom stereocenters. The summed E-state index contributed by atoms with van der Waals surface area (Å²) < 4.78 is 12.0. The minimum Gasteiger partial charge on any atom is -0.486 e. The van der Waals surface area contributed by atoms with Gasteiger partial charge in [0.15, 0.2) is 16.6 Å². The van der Waals surface area contributed by atoms with E-state index in [-0.39, 0.29) is 11.6 Å². The number of aromatic nitrogens is 3. The van der Waals surface area contributed by atoms with Gasteiger partial charge in [-0.05, 0) is 0 Å². The van der Waals surface area contributed by atoms with Crippen LogP contribution in [0, 0.1) is 0 Å². The Morgan fingerprint density at radius 3 is 2.77 bits per heavy atom. The molecule has 1 amide bonds. The summed E-state index contributed by atoms with van der Waals surface area (Å²) in [5, 5.41) is 3.22. The van der Waals surface area contributed by atoms with E-state index >= 15 is 0 Å². The summed E-state index contributed by atoms with van der Waals surface area (Å²) in [4.78, 5) is 24.3. The Labute approximate surface area is 128 Å². The summed E-state index contributed by atoms with van der Waals surface area (Å²) in [5.41, 5.74) is 0.997. The largest absolute Gasteiger partial charge is 0.486 e. The van der Waals surface area contributed by atoms with Gasteiger partial charge < -0.3 is 9.47 Å². The van der Waals surface area contributed by atoms with Gasteiger partial charge in [0.2, 0.25) is 0 Å². The summed E-state index contributed by atoms with van der Waals surface area (Å²) in [6.07, 6.45) is 4.39. The third-order valence-electron chi connectivity index (χ3n) is 3.07. The predicted octanol–water partition coefficient (Wildman–Crippen LogP) is 2.11. The Morgan fingerprint density at radius 1 is 1.18 bits per heavy atom. The van der Waals surface area contributed by atoms with E-state index in [1.807, 2.05) is 12.1 Å². The molecule has 22 heavy (non-hydrogen) atoms. The smallest absolute Gasteiger partial charge is 0.277 e. The molecule has 0 unspecified atom stereocenters. The molecule has 1 aliphatic heterocycles. The second-order valence-corrected chi connectivity index (χ2v) is 5.56. The van der Waals surface area contributed by atoms with Crippen LogP contribution in [0.3, 0.4) is 0 Å². The number of anilines is 1. The van der Waals surface area contributed by atoms with Crippen molar-refractivity contribution in [2.75, 3.05) is 18.5 Å². The second kappa shape index (κ2) is 5.23. The molecular weight excluding hydrogens is 304 g/mol. The molecule has 3 aromatic rings. The molecule has 1 aliphatic rings. The molecule has 1 aromatic carbocycles. The third kappa shape index (κ3) is 2.33. The maximum atomic E-state index is 12.1. The number of fused-ring (bicyclic) bond motifs is 2. The normalized spacial score (nSPS) is 13.1. The van der Waals surface area contributed by atoms with E-state index in [1.165, 1.54) is 29.9 Å². The molecule has 0 spiro atoms. The first-order valence-electron chi connectivity index (χ1n) is 6.57. The zero-order chi connectivity index (χ0) is 14.9. The number of hydrogen-bond donors (Lipinski definition) is 1. The molecule has 0 bridgehead atoms. The Hall–Kier alpha value is -2.74. The molecule has 110 valence electrons. The van der Waals surface area contributed by atoms with Crippen LogP contribution < -0.4 is 14.8 Å². The fourth-order valence-electron chi connectivity index (χ4n) is 2.10. The highest BCUT2D eigenvalue weighted by Gasteiger charge is 2.16. The number of carbonyl (C=O) groups is 1. The van der Waals surface area contributed by atoms with E-state index in [0.29, 0.717) is 29.8 Å². The van der Waals surface area contributed by atoms with Crippen molar-refractivity contribution in [3.05, 3.63) is 36.4 Å². The molecule has 0 saturated carbocycles. The Bertz CT molecular complexity index is 807. The highest BCUT2D eigenvalue weighted by atomic mass is 32.1. The van der Waals surface area contributed by atoms with Gasteiger partial charge in [0.25, 0.3) is 5.91 Å². The van der Waals surface area contributed by atoms with Crippen LogP contribution in [0.15, 0.2) is 30.7 Å². The molecule has 8 heteroatoms. The lowest BCUT2D eigenvalue weighted by Gasteiger charge is -2.17. The quantitative estimate of drug-likeness (QED) is 0.779. The third-order valence-corrected chi connectivity index (χ3v) is 4.00. The van der Waals surface area contributed by atoms with Crippen molar-refractivity contribution in [3.8, 4) is 11.5 Å². The summed E-state index contributed by atoms with van der Waals surface area (Å²) in [6, 6.07) is 3.69. The standard InChI is InChI=1S/C14H10N4O3S/c19-13(9-7-15-1-2-16-9)18-14-17-8-5-10-11(6-12(8)22-14)21-4-3-20-10/h1-2,5-7H,3-4H2,(H,17,18,19). The Morgan fingerprint density at radius 2 is 2.00 bits per heavy atom. The molecule has 0 radical (unpaired) electrons. The van der Waals surface area contributed by atoms with E-state index in [0.717, 1.165) is 10.2 Å². The van der Waals surface area contributed by atoms with E-state index in [4.69, 9.17) is 9.47 Å². The summed E-state index contributed by atoms with van der Waals surface area (Å²) >= 11 is 1.37. The van der Waals surface area contributed by atoms with Crippen molar-refractivity contribution in [1.82, 2.24) is 15.0 Å². The highest BCUT2D eigenvalue weighted by Crippen LogP contribution is 2.37. The van der Waals surface area contributed by atoms with Gasteiger partial charge in [-0.15, -0.1) is 0 Å². The fourth-order valence-corrected chi connectivity index (χ4v) is 2.97. The number of carbonyl (C=O) groups excluding carboxylic acids is 1. The lowest BCUT2D eigenvalue weighted by atomic mass is 10.3. The van der Waals surface area contributed by atoms with Crippen molar-refractivity contribution in [3.63, 3.8) is 0 Å². The average Bonchev–Trinajstić information content (AvgIpc) is 2.94. The number of ether oxygens (including phenoxy) is 2. The van der Waals surface area contributed by atoms with Gasteiger partial charge in [0.1, 0.15) is 18.9 Å². The SMILES string of the molecule is O=C(Nc1nc2cc3c(cc2s1)OCCO3)c1cnccn1. The van der Waals surface area contributed by atoms with E-state index in [9.17, 15) is 4.79 Å². The number of nitrogens with one attached hydrogen (secondary N) is 1. The molecular formula is C14H10N4O3S. The molecule has 2 aromatic heterocycles. The topological polar surface area (TPSA) is 86.2 Å². The fraction of sp³-hybridized carbons (Fsp3) is 0.143. The van der Waals surface area contributed by atoms with Crippen molar-refractivity contribution in [2.24, 2.45) is 0 Å². The molecule has 7 nitrogen and oxygen atoms in total. The monoisotopic (exact) mass is 314 g/mol. The summed E-state index contributed by atoms with van der Waals surface area (Å²) in [7, 11) is 0. The molecule has 1 N–H and O–H groups in total. The summed E-state index contributed by atoms with van der Waals surface area (Å²) in [6.45, 7) is 1.06. The van der Waals surface area contributed by atoms with Crippen molar-refractivity contribution < 1.29 is 14.3 Å². The van der Waals surface area contributed by atoms with Gasteiger partial charge in [-0.2, -0.15) is 0 Å². The number of benzene rings is 1. The minimum atomic E-state index is -0.343. The van der Waals surface area contributed by atoms with Crippen LogP contribution in [-0.4, -0.2) is 34.1 Å². The minimum absolute atomic E-state index is 0.243. The molecule has 3 heterocycles. The Kier molecular flexibility index (Phi) is 3.08. The van der Waals surface area contributed by atoms with Crippen LogP contribution in [-0.2, 0) is 0 Å². The number of thiazole rings is 1. The molecule has 0 saturated heterocycles. The van der Waals surface area contributed by atoms with E-state index < -0.39 is 0 Å². The van der Waals surface area contributed by atoms with Crippen molar-refractivity contribution >= 4 is 32.6 Å². The van der Waals surface area contributed by atoms with Crippen LogP contribution in [0.2, 0.25) is 0 Å². The number of hydrogen-bond acceptors (Lipinski definition) is 7. The van der Waals surface area contributed by atoms with Crippen LogP contribution in [0.1, 0.15) is 10.5 Å². The summed E-state index contributed by atoms with van der Waals surface area (Å²) in [5.74, 6) is 1.04. The first kappa shape index (κ1) is 13.0. The van der Waals surface area contributed by atoms with Crippen LogP contribution >= 0.6 is 11.3 Å². The van der Waals surface area contributed by atoms with Crippen LogP contribution in [0.25, 0.3) is 10.2 Å². The second-order valence-electron chi connectivity index (χ2n) is 4.53. The first-order chi connectivity index (χ1) is 10.8. The number of amides is 1. The molecule has 4 rings (SSSR count).